The van der Waals surface area contributed by atoms with Crippen molar-refractivity contribution in [3.05, 3.63) is 41.5 Å². The minimum Gasteiger partial charge on any atom is -0.497 e. The molecule has 1 heterocycles. The van der Waals surface area contributed by atoms with Crippen molar-refractivity contribution in [1.29, 1.82) is 0 Å². The van der Waals surface area contributed by atoms with Crippen LogP contribution in [0.15, 0.2) is 30.3 Å². The fraction of sp³-hybridized carbons (Fsp3) is 0.353. The van der Waals surface area contributed by atoms with Crippen LogP contribution in [0.25, 0.3) is 10.8 Å². The van der Waals surface area contributed by atoms with Crippen molar-refractivity contribution in [2.45, 2.75) is 32.2 Å². The van der Waals surface area contributed by atoms with E-state index in [0.29, 0.717) is 0 Å². The van der Waals surface area contributed by atoms with Crippen LogP contribution in [0.2, 0.25) is 0 Å². The SMILES string of the molecule is COc1ccc2c3c(ccc2c1)C(=O)NC(C)(C)[C@H]3C. The number of rotatable bonds is 1. The molecule has 1 atom stereocenters. The molecule has 0 saturated carbocycles. The minimum absolute atomic E-state index is 0.0146. The van der Waals surface area contributed by atoms with Gasteiger partial charge in [-0.3, -0.25) is 4.79 Å². The first-order chi connectivity index (χ1) is 9.44. The van der Waals surface area contributed by atoms with Crippen LogP contribution in [-0.2, 0) is 0 Å². The van der Waals surface area contributed by atoms with Crippen molar-refractivity contribution in [2.75, 3.05) is 7.11 Å². The lowest BCUT2D eigenvalue weighted by Gasteiger charge is -2.39. The molecule has 3 nitrogen and oxygen atoms in total. The number of methoxy groups -OCH3 is 1. The summed E-state index contributed by atoms with van der Waals surface area (Å²) in [4.78, 5) is 12.3. The first kappa shape index (κ1) is 13.0. The Bertz CT molecular complexity index is 703. The first-order valence-corrected chi connectivity index (χ1v) is 6.87. The number of hydrogen-bond acceptors (Lipinski definition) is 2. The lowest BCUT2D eigenvalue weighted by Crippen LogP contribution is -2.51. The molecule has 2 aromatic rings. The van der Waals surface area contributed by atoms with Gasteiger partial charge >= 0.3 is 0 Å². The molecular weight excluding hydrogens is 250 g/mol. The Hall–Kier alpha value is -2.03. The van der Waals surface area contributed by atoms with Crippen molar-refractivity contribution < 1.29 is 9.53 Å². The predicted octanol–water partition coefficient (Wildman–Crippen LogP) is 3.47. The van der Waals surface area contributed by atoms with Crippen LogP contribution in [0.5, 0.6) is 5.75 Å². The maximum Gasteiger partial charge on any atom is 0.252 e. The maximum atomic E-state index is 12.3. The molecule has 1 aliphatic heterocycles. The van der Waals surface area contributed by atoms with Crippen LogP contribution in [0, 0.1) is 0 Å². The van der Waals surface area contributed by atoms with Crippen LogP contribution in [0.1, 0.15) is 42.6 Å². The van der Waals surface area contributed by atoms with Gasteiger partial charge in [-0.25, -0.2) is 0 Å². The van der Waals surface area contributed by atoms with Crippen molar-refractivity contribution in [3.63, 3.8) is 0 Å². The maximum absolute atomic E-state index is 12.3. The monoisotopic (exact) mass is 269 g/mol. The average molecular weight is 269 g/mol. The Balaban J connectivity index is 2.32. The van der Waals surface area contributed by atoms with E-state index in [9.17, 15) is 4.79 Å². The second kappa shape index (κ2) is 4.23. The summed E-state index contributed by atoms with van der Waals surface area (Å²) in [7, 11) is 1.67. The second-order valence-electron chi connectivity index (χ2n) is 6.01. The van der Waals surface area contributed by atoms with E-state index in [0.717, 1.165) is 27.6 Å². The van der Waals surface area contributed by atoms with Gasteiger partial charge in [-0.15, -0.1) is 0 Å². The average Bonchev–Trinajstić information content (AvgIpc) is 2.42. The fourth-order valence-corrected chi connectivity index (χ4v) is 2.95. The molecule has 0 bridgehead atoms. The van der Waals surface area contributed by atoms with Crippen LogP contribution >= 0.6 is 0 Å². The number of amides is 1. The number of benzene rings is 2. The molecular formula is C17H19NO2. The summed E-state index contributed by atoms with van der Waals surface area (Å²) in [6.07, 6.45) is 0. The third-order valence-corrected chi connectivity index (χ3v) is 4.46. The van der Waals surface area contributed by atoms with Gasteiger partial charge in [-0.2, -0.15) is 0 Å². The van der Waals surface area contributed by atoms with Crippen molar-refractivity contribution in [1.82, 2.24) is 5.32 Å². The lowest BCUT2D eigenvalue weighted by molar-refractivity contribution is 0.0882. The number of carbonyl (C=O) groups is 1. The van der Waals surface area contributed by atoms with Gasteiger partial charge in [0.05, 0.1) is 7.11 Å². The zero-order valence-electron chi connectivity index (χ0n) is 12.3. The molecule has 0 spiro atoms. The zero-order chi connectivity index (χ0) is 14.5. The first-order valence-electron chi connectivity index (χ1n) is 6.87. The molecule has 0 fully saturated rings. The van der Waals surface area contributed by atoms with E-state index >= 15 is 0 Å². The molecule has 0 aliphatic carbocycles. The van der Waals surface area contributed by atoms with Crippen LogP contribution < -0.4 is 10.1 Å². The highest BCUT2D eigenvalue weighted by Gasteiger charge is 2.37. The largest absolute Gasteiger partial charge is 0.497 e. The second-order valence-corrected chi connectivity index (χ2v) is 6.01. The smallest absolute Gasteiger partial charge is 0.252 e. The Kier molecular flexibility index (Phi) is 2.75. The number of ether oxygens (including phenoxy) is 1. The van der Waals surface area contributed by atoms with E-state index in [1.54, 1.807) is 7.11 Å². The van der Waals surface area contributed by atoms with Gasteiger partial charge in [-0.05, 0) is 48.4 Å². The Morgan fingerprint density at radius 2 is 1.95 bits per heavy atom. The summed E-state index contributed by atoms with van der Waals surface area (Å²) in [5.74, 6) is 1.11. The zero-order valence-corrected chi connectivity index (χ0v) is 12.3. The molecule has 0 saturated heterocycles. The Labute approximate surface area is 118 Å². The third kappa shape index (κ3) is 1.77. The molecule has 0 aromatic heterocycles. The molecule has 1 N–H and O–H groups in total. The normalized spacial score (nSPS) is 20.4. The van der Waals surface area contributed by atoms with E-state index in [4.69, 9.17) is 4.74 Å². The molecule has 104 valence electrons. The molecule has 0 unspecified atom stereocenters. The third-order valence-electron chi connectivity index (χ3n) is 4.46. The van der Waals surface area contributed by atoms with Gasteiger partial charge in [0, 0.05) is 17.0 Å². The fourth-order valence-electron chi connectivity index (χ4n) is 2.95. The lowest BCUT2D eigenvalue weighted by atomic mass is 9.76. The van der Waals surface area contributed by atoms with Crippen LogP contribution in [-0.4, -0.2) is 18.6 Å². The Morgan fingerprint density at radius 1 is 1.20 bits per heavy atom. The van der Waals surface area contributed by atoms with E-state index in [2.05, 4.69) is 32.2 Å². The highest BCUT2D eigenvalue weighted by molar-refractivity contribution is 6.04. The summed E-state index contributed by atoms with van der Waals surface area (Å²) < 4.78 is 5.28. The van der Waals surface area contributed by atoms with Gasteiger partial charge in [0.2, 0.25) is 0 Å². The van der Waals surface area contributed by atoms with Crippen LogP contribution in [0.3, 0.4) is 0 Å². The number of nitrogens with one attached hydrogen (secondary N) is 1. The predicted molar refractivity (Wildman–Crippen MR) is 80.5 cm³/mol. The molecule has 0 radical (unpaired) electrons. The highest BCUT2D eigenvalue weighted by atomic mass is 16.5. The van der Waals surface area contributed by atoms with Crippen molar-refractivity contribution >= 4 is 16.7 Å². The van der Waals surface area contributed by atoms with Gasteiger partial charge in [0.15, 0.2) is 0 Å². The summed E-state index contributed by atoms with van der Waals surface area (Å²) in [5.41, 5.74) is 1.69. The summed E-state index contributed by atoms with van der Waals surface area (Å²) in [6.45, 7) is 6.31. The topological polar surface area (TPSA) is 38.3 Å². The van der Waals surface area contributed by atoms with E-state index in [1.807, 2.05) is 24.3 Å². The molecule has 1 amide bonds. The van der Waals surface area contributed by atoms with E-state index in [1.165, 1.54) is 0 Å². The number of carbonyl (C=O) groups excluding carboxylic acids is 1. The Morgan fingerprint density at radius 3 is 2.65 bits per heavy atom. The van der Waals surface area contributed by atoms with Gasteiger partial charge in [0.25, 0.3) is 5.91 Å². The highest BCUT2D eigenvalue weighted by Crippen LogP contribution is 2.39. The summed E-state index contributed by atoms with van der Waals surface area (Å²) in [5, 5.41) is 5.33. The van der Waals surface area contributed by atoms with E-state index < -0.39 is 0 Å². The van der Waals surface area contributed by atoms with Gasteiger partial charge < -0.3 is 10.1 Å². The van der Waals surface area contributed by atoms with E-state index in [-0.39, 0.29) is 17.4 Å². The minimum atomic E-state index is -0.238. The molecule has 1 aliphatic rings. The molecule has 20 heavy (non-hydrogen) atoms. The van der Waals surface area contributed by atoms with Crippen molar-refractivity contribution in [2.24, 2.45) is 0 Å². The van der Waals surface area contributed by atoms with Crippen LogP contribution in [0.4, 0.5) is 0 Å². The molecule has 3 rings (SSSR count). The standard InChI is InChI=1S/C17H19NO2/c1-10-15-13-8-6-12(20-4)9-11(13)5-7-14(15)16(19)18-17(10,2)3/h5-10H,1-4H3,(H,18,19)/t10-/m0/s1. The number of hydrogen-bond donors (Lipinski definition) is 1. The van der Waals surface area contributed by atoms with Gasteiger partial charge in [0.1, 0.15) is 5.75 Å². The number of fused-ring (bicyclic) bond motifs is 3. The van der Waals surface area contributed by atoms with Gasteiger partial charge in [-0.1, -0.05) is 19.1 Å². The summed E-state index contributed by atoms with van der Waals surface area (Å²) >= 11 is 0. The van der Waals surface area contributed by atoms with Crippen molar-refractivity contribution in [3.8, 4) is 5.75 Å². The quantitative estimate of drug-likeness (QED) is 0.860. The molecule has 2 aromatic carbocycles. The summed E-state index contributed by atoms with van der Waals surface area (Å²) in [6, 6.07) is 9.92. The molecule has 3 heteroatoms.